The lowest BCUT2D eigenvalue weighted by molar-refractivity contribution is 0.260. The quantitative estimate of drug-likeness (QED) is 0.414. The second kappa shape index (κ2) is 11.6. The Morgan fingerprint density at radius 3 is 2.63 bits per heavy atom. The van der Waals surface area contributed by atoms with Gasteiger partial charge in [0.2, 0.25) is 0 Å². The van der Waals surface area contributed by atoms with Crippen molar-refractivity contribution in [2.24, 2.45) is 0 Å². The van der Waals surface area contributed by atoms with Crippen molar-refractivity contribution in [3.63, 3.8) is 0 Å². The summed E-state index contributed by atoms with van der Waals surface area (Å²) in [5, 5.41) is 6.39. The first-order chi connectivity index (χ1) is 13.7. The number of aromatic nitrogens is 1. The van der Waals surface area contributed by atoms with Crippen LogP contribution in [-0.2, 0) is 13.1 Å². The van der Waals surface area contributed by atoms with E-state index < -0.39 is 0 Å². The molecule has 2 aromatic carbocycles. The first-order valence-electron chi connectivity index (χ1n) is 10.1. The number of halogens is 4. The molecule has 1 aromatic heterocycles. The van der Waals surface area contributed by atoms with Crippen LogP contribution < -0.4 is 5.32 Å². The van der Waals surface area contributed by atoms with E-state index in [4.69, 9.17) is 23.2 Å². The maximum absolute atomic E-state index is 6.41. The minimum Gasteiger partial charge on any atom is -0.343 e. The molecule has 1 aliphatic heterocycles. The Kier molecular flexibility index (Phi) is 9.80. The summed E-state index contributed by atoms with van der Waals surface area (Å²) in [6.07, 6.45) is 4.88. The number of likely N-dealkylation sites (N-methyl/N-ethyl adjacent to an activating group) is 1. The smallest absolute Gasteiger partial charge is 0.0491 e. The van der Waals surface area contributed by atoms with Gasteiger partial charge in [-0.25, -0.2) is 0 Å². The summed E-state index contributed by atoms with van der Waals surface area (Å²) >= 11 is 12.5. The van der Waals surface area contributed by atoms with Gasteiger partial charge in [0, 0.05) is 52.8 Å². The van der Waals surface area contributed by atoms with Gasteiger partial charge in [-0.2, -0.15) is 0 Å². The van der Waals surface area contributed by atoms with Crippen molar-refractivity contribution < 1.29 is 0 Å². The summed E-state index contributed by atoms with van der Waals surface area (Å²) in [7, 11) is 0. The average molecular weight is 489 g/mol. The van der Waals surface area contributed by atoms with E-state index in [2.05, 4.69) is 52.2 Å². The summed E-state index contributed by atoms with van der Waals surface area (Å²) in [5.41, 5.74) is 3.65. The van der Waals surface area contributed by atoms with E-state index in [-0.39, 0.29) is 24.8 Å². The zero-order valence-corrected chi connectivity index (χ0v) is 20.3. The molecule has 0 saturated carbocycles. The number of hydrogen-bond acceptors (Lipinski definition) is 2. The third-order valence-electron chi connectivity index (χ3n) is 5.83. The summed E-state index contributed by atoms with van der Waals surface area (Å²) in [4.78, 5) is 2.58. The lowest BCUT2D eigenvalue weighted by Gasteiger charge is -2.22. The van der Waals surface area contributed by atoms with Crippen molar-refractivity contribution in [3.8, 4) is 0 Å². The highest BCUT2D eigenvalue weighted by Crippen LogP contribution is 2.26. The van der Waals surface area contributed by atoms with Crippen LogP contribution >= 0.6 is 48.0 Å². The number of nitrogens with zero attached hydrogens (tertiary/aromatic N) is 2. The first-order valence-corrected chi connectivity index (χ1v) is 10.9. The Balaban J connectivity index is 0.00000160. The number of nitrogens with one attached hydrogen (secondary N) is 1. The number of rotatable bonds is 7. The third kappa shape index (κ3) is 5.64. The maximum atomic E-state index is 6.41. The fourth-order valence-corrected chi connectivity index (χ4v) is 4.81. The molecule has 2 heterocycles. The predicted octanol–water partition coefficient (Wildman–Crippen LogP) is 6.41. The van der Waals surface area contributed by atoms with Gasteiger partial charge in [0.1, 0.15) is 0 Å². The fourth-order valence-electron chi connectivity index (χ4n) is 4.34. The second-order valence-electron chi connectivity index (χ2n) is 7.59. The molecule has 0 spiro atoms. The molecule has 0 radical (unpaired) electrons. The van der Waals surface area contributed by atoms with Crippen LogP contribution in [-0.4, -0.2) is 35.1 Å². The molecule has 0 amide bonds. The van der Waals surface area contributed by atoms with Crippen LogP contribution in [0.15, 0.2) is 48.7 Å². The number of fused-ring (bicyclic) bond motifs is 1. The predicted molar refractivity (Wildman–Crippen MR) is 134 cm³/mol. The molecule has 1 aliphatic rings. The standard InChI is InChI=1S/C23H27Cl2N3.2ClH/c1-2-27-11-5-6-20(27)14-26-13-18-16-28(23-8-4-3-7-21(18)23)15-17-9-10-19(24)12-22(17)25;;/h3-4,7-10,12,16,20,26H,2,5-6,11,13-15H2,1H3;2*1H. The summed E-state index contributed by atoms with van der Waals surface area (Å²) in [5.74, 6) is 0. The molecule has 7 heteroatoms. The number of hydrogen-bond donors (Lipinski definition) is 1. The highest BCUT2D eigenvalue weighted by molar-refractivity contribution is 6.35. The number of likely N-dealkylation sites (tertiary alicyclic amines) is 1. The molecule has 1 N–H and O–H groups in total. The average Bonchev–Trinajstić information content (AvgIpc) is 3.29. The Bertz CT molecular complexity index is 957. The monoisotopic (exact) mass is 487 g/mol. The van der Waals surface area contributed by atoms with E-state index in [1.165, 1.54) is 35.9 Å². The molecule has 0 aliphatic carbocycles. The van der Waals surface area contributed by atoms with Crippen molar-refractivity contribution >= 4 is 58.9 Å². The minimum atomic E-state index is 0. The van der Waals surface area contributed by atoms with Crippen LogP contribution in [0.25, 0.3) is 10.9 Å². The van der Waals surface area contributed by atoms with Gasteiger partial charge in [-0.15, -0.1) is 24.8 Å². The van der Waals surface area contributed by atoms with E-state index in [9.17, 15) is 0 Å². The molecule has 0 bridgehead atoms. The molecule has 30 heavy (non-hydrogen) atoms. The first kappa shape index (κ1) is 25.3. The van der Waals surface area contributed by atoms with Crippen LogP contribution in [0, 0.1) is 0 Å². The molecular formula is C23H29Cl4N3. The lowest BCUT2D eigenvalue weighted by Crippen LogP contribution is -2.37. The largest absolute Gasteiger partial charge is 0.343 e. The summed E-state index contributed by atoms with van der Waals surface area (Å²) in [6, 6.07) is 15.0. The van der Waals surface area contributed by atoms with Crippen molar-refractivity contribution in [2.75, 3.05) is 19.6 Å². The summed E-state index contributed by atoms with van der Waals surface area (Å²) < 4.78 is 2.29. The Morgan fingerprint density at radius 1 is 1.07 bits per heavy atom. The molecule has 164 valence electrons. The fraction of sp³-hybridized carbons (Fsp3) is 0.391. The van der Waals surface area contributed by atoms with E-state index in [0.29, 0.717) is 16.1 Å². The second-order valence-corrected chi connectivity index (χ2v) is 8.43. The molecule has 4 rings (SSSR count). The molecule has 3 nitrogen and oxygen atoms in total. The highest BCUT2D eigenvalue weighted by atomic mass is 35.5. The van der Waals surface area contributed by atoms with Crippen LogP contribution in [0.5, 0.6) is 0 Å². The van der Waals surface area contributed by atoms with E-state index >= 15 is 0 Å². The van der Waals surface area contributed by atoms with Crippen LogP contribution in [0.3, 0.4) is 0 Å². The number of para-hydroxylation sites is 1. The zero-order chi connectivity index (χ0) is 19.5. The summed E-state index contributed by atoms with van der Waals surface area (Å²) in [6.45, 7) is 7.32. The van der Waals surface area contributed by atoms with Crippen molar-refractivity contribution in [1.29, 1.82) is 0 Å². The Labute approximate surface area is 201 Å². The Morgan fingerprint density at radius 2 is 1.87 bits per heavy atom. The SMILES string of the molecule is CCN1CCCC1CNCc1cn(Cc2ccc(Cl)cc2Cl)c2ccccc12.Cl.Cl. The van der Waals surface area contributed by atoms with Crippen LogP contribution in [0.2, 0.25) is 10.0 Å². The number of benzene rings is 2. The van der Waals surface area contributed by atoms with Crippen molar-refractivity contribution in [1.82, 2.24) is 14.8 Å². The van der Waals surface area contributed by atoms with Gasteiger partial charge in [-0.1, -0.05) is 54.4 Å². The highest BCUT2D eigenvalue weighted by Gasteiger charge is 2.22. The van der Waals surface area contributed by atoms with Crippen LogP contribution in [0.4, 0.5) is 0 Å². The molecule has 3 aromatic rings. The van der Waals surface area contributed by atoms with E-state index in [0.717, 1.165) is 31.7 Å². The maximum Gasteiger partial charge on any atom is 0.0491 e. The van der Waals surface area contributed by atoms with Crippen molar-refractivity contribution in [2.45, 2.75) is 38.9 Å². The van der Waals surface area contributed by atoms with E-state index in [1.54, 1.807) is 0 Å². The molecular weight excluding hydrogens is 460 g/mol. The van der Waals surface area contributed by atoms with Crippen molar-refractivity contribution in [3.05, 3.63) is 69.8 Å². The van der Waals surface area contributed by atoms with Gasteiger partial charge in [0.05, 0.1) is 0 Å². The lowest BCUT2D eigenvalue weighted by atomic mass is 10.1. The third-order valence-corrected chi connectivity index (χ3v) is 6.41. The topological polar surface area (TPSA) is 20.2 Å². The van der Waals surface area contributed by atoms with Gasteiger partial charge in [0.25, 0.3) is 0 Å². The van der Waals surface area contributed by atoms with Crippen LogP contribution in [0.1, 0.15) is 30.9 Å². The molecule has 1 fully saturated rings. The minimum absolute atomic E-state index is 0. The normalized spacial score (nSPS) is 16.4. The van der Waals surface area contributed by atoms with Gasteiger partial charge >= 0.3 is 0 Å². The van der Waals surface area contributed by atoms with Gasteiger partial charge < -0.3 is 9.88 Å². The van der Waals surface area contributed by atoms with Gasteiger partial charge in [-0.05, 0) is 55.3 Å². The Hall–Kier alpha value is -0.940. The zero-order valence-electron chi connectivity index (χ0n) is 17.1. The molecule has 1 unspecified atom stereocenters. The van der Waals surface area contributed by atoms with Gasteiger partial charge in [-0.3, -0.25) is 4.90 Å². The van der Waals surface area contributed by atoms with E-state index in [1.807, 2.05) is 18.2 Å². The van der Waals surface area contributed by atoms with Gasteiger partial charge in [0.15, 0.2) is 0 Å². The molecule has 1 atom stereocenters. The molecule has 1 saturated heterocycles.